The summed E-state index contributed by atoms with van der Waals surface area (Å²) in [5.41, 5.74) is 0.213. The van der Waals surface area contributed by atoms with Crippen molar-refractivity contribution >= 4 is 9.84 Å². The fraction of sp³-hybridized carbons (Fsp3) is 0.500. The monoisotopic (exact) mass is 275 g/mol. The second-order valence-corrected chi connectivity index (χ2v) is 6.88. The summed E-state index contributed by atoms with van der Waals surface area (Å²) in [5.74, 6) is -1.53. The predicted octanol–water partition coefficient (Wildman–Crippen LogP) is 1.63. The predicted molar refractivity (Wildman–Crippen MR) is 64.9 cm³/mol. The van der Waals surface area contributed by atoms with E-state index in [1.165, 1.54) is 12.1 Å². The van der Waals surface area contributed by atoms with Crippen LogP contribution in [0, 0.1) is 11.6 Å². The largest absolute Gasteiger partial charge is 0.311 e. The van der Waals surface area contributed by atoms with Gasteiger partial charge < -0.3 is 5.32 Å². The van der Waals surface area contributed by atoms with Crippen LogP contribution in [0.3, 0.4) is 0 Å². The Hall–Kier alpha value is -1.01. The molecule has 1 aromatic rings. The van der Waals surface area contributed by atoms with Gasteiger partial charge in [-0.25, -0.2) is 17.2 Å². The molecule has 1 fully saturated rings. The van der Waals surface area contributed by atoms with Crippen LogP contribution in [0.1, 0.15) is 18.4 Å². The smallest absolute Gasteiger partial charge is 0.163 e. The van der Waals surface area contributed by atoms with E-state index in [1.54, 1.807) is 0 Å². The van der Waals surface area contributed by atoms with E-state index in [-0.39, 0.29) is 24.4 Å². The maximum absolute atomic E-state index is 13.3. The zero-order valence-corrected chi connectivity index (χ0v) is 10.6. The van der Waals surface area contributed by atoms with Crippen LogP contribution >= 0.6 is 0 Å². The number of sulfone groups is 1. The summed E-state index contributed by atoms with van der Waals surface area (Å²) < 4.78 is 49.4. The Morgan fingerprint density at radius 1 is 1.33 bits per heavy atom. The molecule has 1 N–H and O–H groups in total. The molecule has 1 aromatic carbocycles. The maximum atomic E-state index is 13.3. The quantitative estimate of drug-likeness (QED) is 0.908. The summed E-state index contributed by atoms with van der Waals surface area (Å²) in [4.78, 5) is 0. The second kappa shape index (κ2) is 5.32. The van der Waals surface area contributed by atoms with Crippen LogP contribution in [-0.4, -0.2) is 26.0 Å². The van der Waals surface area contributed by atoms with Crippen molar-refractivity contribution in [2.45, 2.75) is 24.6 Å². The number of halogens is 2. The van der Waals surface area contributed by atoms with E-state index in [0.717, 1.165) is 6.07 Å². The van der Waals surface area contributed by atoms with E-state index in [2.05, 4.69) is 5.32 Å². The van der Waals surface area contributed by atoms with Crippen LogP contribution in [0.2, 0.25) is 0 Å². The van der Waals surface area contributed by atoms with E-state index in [4.69, 9.17) is 0 Å². The van der Waals surface area contributed by atoms with Crippen LogP contribution < -0.4 is 5.32 Å². The fourth-order valence-corrected chi connectivity index (χ4v) is 3.94. The normalized spacial score (nSPS) is 22.2. The topological polar surface area (TPSA) is 46.2 Å². The lowest BCUT2D eigenvalue weighted by Crippen LogP contribution is -2.30. The van der Waals surface area contributed by atoms with Crippen LogP contribution in [0.5, 0.6) is 0 Å². The molecule has 1 atom stereocenters. The van der Waals surface area contributed by atoms with Gasteiger partial charge in [-0.3, -0.25) is 0 Å². The highest BCUT2D eigenvalue weighted by molar-refractivity contribution is 7.92. The Labute approximate surface area is 105 Å². The lowest BCUT2D eigenvalue weighted by Gasteiger charge is -2.11. The second-order valence-electron chi connectivity index (χ2n) is 4.48. The van der Waals surface area contributed by atoms with Crippen LogP contribution in [-0.2, 0) is 16.4 Å². The number of rotatable bonds is 4. The van der Waals surface area contributed by atoms with E-state index < -0.39 is 26.7 Å². The lowest BCUT2D eigenvalue weighted by atomic mass is 10.2. The Bertz CT molecular complexity index is 531. The molecule has 0 saturated carbocycles. The third kappa shape index (κ3) is 2.87. The highest BCUT2D eigenvalue weighted by Gasteiger charge is 2.30. The molecule has 18 heavy (non-hydrogen) atoms. The van der Waals surface area contributed by atoms with Gasteiger partial charge in [-0.15, -0.1) is 0 Å². The van der Waals surface area contributed by atoms with Gasteiger partial charge in [-0.2, -0.15) is 0 Å². The maximum Gasteiger partial charge on any atom is 0.163 e. The van der Waals surface area contributed by atoms with Crippen LogP contribution in [0.15, 0.2) is 18.2 Å². The van der Waals surface area contributed by atoms with Gasteiger partial charge in [0.15, 0.2) is 21.5 Å². The molecule has 1 aliphatic rings. The lowest BCUT2D eigenvalue weighted by molar-refractivity contribution is 0.491. The number of nitrogens with one attached hydrogen (secondary N) is 1. The molecular formula is C12H15F2NO2S. The Morgan fingerprint density at radius 2 is 2.11 bits per heavy atom. The van der Waals surface area contributed by atoms with Crippen molar-refractivity contribution in [3.63, 3.8) is 0 Å². The van der Waals surface area contributed by atoms with E-state index in [1.807, 2.05) is 0 Å². The number of benzene rings is 1. The molecule has 0 radical (unpaired) electrons. The first-order valence-electron chi connectivity index (χ1n) is 5.86. The molecule has 0 bridgehead atoms. The van der Waals surface area contributed by atoms with Crippen molar-refractivity contribution in [2.75, 3.05) is 12.3 Å². The molecule has 6 heteroatoms. The molecule has 0 spiro atoms. The summed E-state index contributed by atoms with van der Waals surface area (Å²) in [6.45, 7) is 0.425. The first-order chi connectivity index (χ1) is 8.50. The first kappa shape index (κ1) is 13.4. The van der Waals surface area contributed by atoms with Crippen molar-refractivity contribution < 1.29 is 17.2 Å². The van der Waals surface area contributed by atoms with E-state index >= 15 is 0 Å². The third-order valence-electron chi connectivity index (χ3n) is 3.18. The highest BCUT2D eigenvalue weighted by Crippen LogP contribution is 2.19. The molecule has 2 rings (SSSR count). The molecule has 0 aliphatic carbocycles. The van der Waals surface area contributed by atoms with Gasteiger partial charge in [0.1, 0.15) is 0 Å². The molecule has 1 aliphatic heterocycles. The van der Waals surface area contributed by atoms with Gasteiger partial charge in [-0.1, -0.05) is 12.1 Å². The van der Waals surface area contributed by atoms with Crippen LogP contribution in [0.25, 0.3) is 0 Å². The SMILES string of the molecule is O=S1(=O)CCCC1CNCc1cccc(F)c1F. The van der Waals surface area contributed by atoms with Crippen molar-refractivity contribution in [3.05, 3.63) is 35.4 Å². The van der Waals surface area contributed by atoms with E-state index in [0.29, 0.717) is 12.8 Å². The van der Waals surface area contributed by atoms with Crippen molar-refractivity contribution in [2.24, 2.45) is 0 Å². The third-order valence-corrected chi connectivity index (χ3v) is 5.46. The van der Waals surface area contributed by atoms with Gasteiger partial charge in [0, 0.05) is 18.7 Å². The zero-order chi connectivity index (χ0) is 13.2. The Morgan fingerprint density at radius 3 is 2.78 bits per heavy atom. The van der Waals surface area contributed by atoms with Crippen molar-refractivity contribution in [1.82, 2.24) is 5.32 Å². The van der Waals surface area contributed by atoms with Gasteiger partial charge in [0.25, 0.3) is 0 Å². The zero-order valence-electron chi connectivity index (χ0n) is 9.83. The molecule has 1 saturated heterocycles. The van der Waals surface area contributed by atoms with Crippen molar-refractivity contribution in [3.8, 4) is 0 Å². The summed E-state index contributed by atoms with van der Waals surface area (Å²) in [7, 11) is -2.99. The summed E-state index contributed by atoms with van der Waals surface area (Å²) in [6.07, 6.45) is 1.32. The molecule has 0 aromatic heterocycles. The molecular weight excluding hydrogens is 260 g/mol. The molecule has 100 valence electrons. The Balaban J connectivity index is 1.91. The minimum absolute atomic E-state index is 0.135. The van der Waals surface area contributed by atoms with Gasteiger partial charge in [0.2, 0.25) is 0 Å². The van der Waals surface area contributed by atoms with Crippen LogP contribution in [0.4, 0.5) is 8.78 Å². The summed E-state index contributed by atoms with van der Waals surface area (Å²) in [6, 6.07) is 3.97. The van der Waals surface area contributed by atoms with Gasteiger partial charge >= 0.3 is 0 Å². The molecule has 1 heterocycles. The average molecular weight is 275 g/mol. The summed E-state index contributed by atoms with van der Waals surface area (Å²) >= 11 is 0. The standard InChI is InChI=1S/C12H15F2NO2S/c13-11-5-1-3-9(12(11)14)7-15-8-10-4-2-6-18(10,16)17/h1,3,5,10,15H,2,4,6-8H2. The molecule has 3 nitrogen and oxygen atoms in total. The number of hydrogen-bond acceptors (Lipinski definition) is 3. The van der Waals surface area contributed by atoms with Crippen molar-refractivity contribution in [1.29, 1.82) is 0 Å². The summed E-state index contributed by atoms with van der Waals surface area (Å²) in [5, 5.41) is 2.49. The highest BCUT2D eigenvalue weighted by atomic mass is 32.2. The van der Waals surface area contributed by atoms with Gasteiger partial charge in [-0.05, 0) is 18.9 Å². The first-order valence-corrected chi connectivity index (χ1v) is 7.57. The number of hydrogen-bond donors (Lipinski definition) is 1. The Kier molecular flexibility index (Phi) is 3.97. The van der Waals surface area contributed by atoms with Gasteiger partial charge in [0.05, 0.1) is 11.0 Å². The molecule has 1 unspecified atom stereocenters. The average Bonchev–Trinajstić information content (AvgIpc) is 2.64. The van der Waals surface area contributed by atoms with E-state index in [9.17, 15) is 17.2 Å². The molecule has 0 amide bonds. The fourth-order valence-electron chi connectivity index (χ4n) is 2.14. The minimum Gasteiger partial charge on any atom is -0.311 e. The minimum atomic E-state index is -2.99.